The van der Waals surface area contributed by atoms with Gasteiger partial charge in [-0.05, 0) is 40.0 Å². The first-order valence-electron chi connectivity index (χ1n) is 8.13. The van der Waals surface area contributed by atoms with E-state index in [0.717, 1.165) is 0 Å². The third-order valence-corrected chi connectivity index (χ3v) is 3.55. The van der Waals surface area contributed by atoms with Crippen molar-refractivity contribution in [2.24, 2.45) is 5.41 Å². The van der Waals surface area contributed by atoms with Crippen LogP contribution in [0.1, 0.15) is 53.9 Å². The molecular formula is C17H28O6. The summed E-state index contributed by atoms with van der Waals surface area (Å²) in [6, 6.07) is 0. The largest absolute Gasteiger partial charge is 0.465 e. The van der Waals surface area contributed by atoms with Gasteiger partial charge in [0.25, 0.3) is 0 Å². The van der Waals surface area contributed by atoms with Gasteiger partial charge in [-0.1, -0.05) is 19.9 Å². The zero-order valence-electron chi connectivity index (χ0n) is 14.8. The maximum Gasteiger partial charge on any atom is 0.333 e. The number of esters is 3. The van der Waals surface area contributed by atoms with Crippen LogP contribution in [0.2, 0.25) is 0 Å². The first-order valence-corrected chi connectivity index (χ1v) is 8.13. The summed E-state index contributed by atoms with van der Waals surface area (Å²) in [7, 11) is 0. The lowest BCUT2D eigenvalue weighted by Crippen LogP contribution is -2.41. The Hall–Kier alpha value is -1.85. The van der Waals surface area contributed by atoms with Crippen LogP contribution in [0, 0.1) is 5.41 Å². The number of rotatable bonds is 10. The fourth-order valence-electron chi connectivity index (χ4n) is 2.11. The van der Waals surface area contributed by atoms with Gasteiger partial charge in [0.05, 0.1) is 19.8 Å². The zero-order valence-corrected chi connectivity index (χ0v) is 14.8. The molecule has 0 rings (SSSR count). The Labute approximate surface area is 138 Å². The lowest BCUT2D eigenvalue weighted by atomic mass is 9.81. The molecule has 0 aliphatic heterocycles. The highest BCUT2D eigenvalue weighted by Gasteiger charge is 2.46. The lowest BCUT2D eigenvalue weighted by Gasteiger charge is -2.27. The molecule has 0 saturated carbocycles. The molecule has 0 aliphatic carbocycles. The van der Waals surface area contributed by atoms with Crippen LogP contribution in [0.25, 0.3) is 0 Å². The molecule has 6 heteroatoms. The molecule has 0 aromatic carbocycles. The van der Waals surface area contributed by atoms with E-state index in [1.165, 1.54) is 0 Å². The summed E-state index contributed by atoms with van der Waals surface area (Å²) in [5, 5.41) is 0. The molecule has 0 spiro atoms. The van der Waals surface area contributed by atoms with Crippen LogP contribution in [0.5, 0.6) is 0 Å². The van der Waals surface area contributed by atoms with E-state index < -0.39 is 23.3 Å². The molecule has 0 unspecified atom stereocenters. The third-order valence-electron chi connectivity index (χ3n) is 3.55. The normalized spacial score (nSPS) is 11.8. The highest BCUT2D eigenvalue weighted by molar-refractivity contribution is 6.00. The van der Waals surface area contributed by atoms with Crippen molar-refractivity contribution in [3.8, 4) is 0 Å². The van der Waals surface area contributed by atoms with E-state index in [-0.39, 0.29) is 32.7 Å². The van der Waals surface area contributed by atoms with Crippen molar-refractivity contribution in [3.05, 3.63) is 11.6 Å². The molecule has 0 radical (unpaired) electrons. The summed E-state index contributed by atoms with van der Waals surface area (Å²) in [4.78, 5) is 36.5. The van der Waals surface area contributed by atoms with E-state index in [1.807, 2.05) is 6.92 Å². The SMILES string of the molecule is CCOC(=O)/C(=C\CC(CC)(C(=O)OCC)C(=O)OCC)CC. The van der Waals surface area contributed by atoms with Gasteiger partial charge in [0.1, 0.15) is 0 Å². The Morgan fingerprint density at radius 1 is 0.826 bits per heavy atom. The summed E-state index contributed by atoms with van der Waals surface area (Å²) in [5.74, 6) is -1.69. The van der Waals surface area contributed by atoms with Crippen molar-refractivity contribution in [3.63, 3.8) is 0 Å². The van der Waals surface area contributed by atoms with Gasteiger partial charge in [0, 0.05) is 5.57 Å². The summed E-state index contributed by atoms with van der Waals surface area (Å²) in [6.07, 6.45) is 2.30. The van der Waals surface area contributed by atoms with Crippen molar-refractivity contribution in [2.75, 3.05) is 19.8 Å². The molecule has 132 valence electrons. The molecule has 0 amide bonds. The standard InChI is InChI=1S/C17H28O6/c1-6-13(14(18)21-8-3)11-12-17(7-2,15(19)22-9-4)16(20)23-10-5/h11H,6-10,12H2,1-5H3/b13-11-. The van der Waals surface area contributed by atoms with Gasteiger partial charge in [-0.25, -0.2) is 4.79 Å². The van der Waals surface area contributed by atoms with Crippen molar-refractivity contribution in [2.45, 2.75) is 53.9 Å². The van der Waals surface area contributed by atoms with Crippen LogP contribution < -0.4 is 0 Å². The average Bonchev–Trinajstić information content (AvgIpc) is 2.52. The van der Waals surface area contributed by atoms with Crippen molar-refractivity contribution in [1.29, 1.82) is 0 Å². The van der Waals surface area contributed by atoms with Crippen LogP contribution >= 0.6 is 0 Å². The molecule has 0 aromatic heterocycles. The maximum absolute atomic E-state index is 12.3. The van der Waals surface area contributed by atoms with Gasteiger partial charge >= 0.3 is 17.9 Å². The topological polar surface area (TPSA) is 78.9 Å². The van der Waals surface area contributed by atoms with E-state index in [4.69, 9.17) is 14.2 Å². The highest BCUT2D eigenvalue weighted by Crippen LogP contribution is 2.32. The smallest absolute Gasteiger partial charge is 0.333 e. The minimum absolute atomic E-state index is 0.0448. The number of allylic oxidation sites excluding steroid dienone is 1. The van der Waals surface area contributed by atoms with Gasteiger partial charge in [0.2, 0.25) is 0 Å². The quantitative estimate of drug-likeness (QED) is 0.265. The van der Waals surface area contributed by atoms with E-state index in [2.05, 4.69) is 0 Å². The molecule has 6 nitrogen and oxygen atoms in total. The van der Waals surface area contributed by atoms with Crippen molar-refractivity contribution < 1.29 is 28.6 Å². The molecule has 0 aliphatic rings. The van der Waals surface area contributed by atoms with Crippen LogP contribution in [-0.4, -0.2) is 37.7 Å². The van der Waals surface area contributed by atoms with Crippen LogP contribution in [0.15, 0.2) is 11.6 Å². The first kappa shape index (κ1) is 21.1. The van der Waals surface area contributed by atoms with Gasteiger partial charge < -0.3 is 14.2 Å². The third kappa shape index (κ3) is 5.69. The molecule has 0 saturated heterocycles. The fourth-order valence-corrected chi connectivity index (χ4v) is 2.11. The molecule has 0 fully saturated rings. The molecule has 23 heavy (non-hydrogen) atoms. The summed E-state index contributed by atoms with van der Waals surface area (Å²) < 4.78 is 15.1. The minimum Gasteiger partial charge on any atom is -0.465 e. The van der Waals surface area contributed by atoms with Gasteiger partial charge in [0.15, 0.2) is 5.41 Å². The van der Waals surface area contributed by atoms with Crippen molar-refractivity contribution in [1.82, 2.24) is 0 Å². The van der Waals surface area contributed by atoms with Crippen LogP contribution in [0.4, 0.5) is 0 Å². The van der Waals surface area contributed by atoms with Gasteiger partial charge in [-0.2, -0.15) is 0 Å². The summed E-state index contributed by atoms with van der Waals surface area (Å²) in [6.45, 7) is 9.21. The Kier molecular flexibility index (Phi) is 9.94. The van der Waals surface area contributed by atoms with E-state index in [0.29, 0.717) is 12.0 Å². The number of hydrogen-bond acceptors (Lipinski definition) is 6. The Morgan fingerprint density at radius 2 is 1.30 bits per heavy atom. The predicted molar refractivity (Wildman–Crippen MR) is 85.6 cm³/mol. The lowest BCUT2D eigenvalue weighted by molar-refractivity contribution is -0.172. The fraction of sp³-hybridized carbons (Fsp3) is 0.706. The average molecular weight is 328 g/mol. The summed E-state index contributed by atoms with van der Waals surface area (Å²) in [5.41, 5.74) is -1.00. The monoisotopic (exact) mass is 328 g/mol. The van der Waals surface area contributed by atoms with Gasteiger partial charge in [-0.15, -0.1) is 0 Å². The van der Waals surface area contributed by atoms with E-state index in [1.54, 1.807) is 33.8 Å². The number of carbonyl (C=O) groups is 3. The number of hydrogen-bond donors (Lipinski definition) is 0. The minimum atomic E-state index is -1.43. The number of ether oxygens (including phenoxy) is 3. The van der Waals surface area contributed by atoms with E-state index >= 15 is 0 Å². The zero-order chi connectivity index (χ0) is 17.9. The molecule has 0 bridgehead atoms. The molecule has 0 N–H and O–H groups in total. The molecule has 0 aromatic rings. The highest BCUT2D eigenvalue weighted by atomic mass is 16.6. The van der Waals surface area contributed by atoms with E-state index in [9.17, 15) is 14.4 Å². The molecule has 0 heterocycles. The Morgan fingerprint density at radius 3 is 1.65 bits per heavy atom. The second kappa shape index (κ2) is 10.8. The van der Waals surface area contributed by atoms with Crippen LogP contribution in [-0.2, 0) is 28.6 Å². The number of carbonyl (C=O) groups excluding carboxylic acids is 3. The second-order valence-corrected chi connectivity index (χ2v) is 4.88. The summed E-state index contributed by atoms with van der Waals surface area (Å²) >= 11 is 0. The maximum atomic E-state index is 12.3. The van der Waals surface area contributed by atoms with Crippen LogP contribution in [0.3, 0.4) is 0 Å². The Bertz CT molecular complexity index is 420. The first-order chi connectivity index (χ1) is 10.9. The predicted octanol–water partition coefficient (Wildman–Crippen LogP) is 2.80. The molecular weight excluding hydrogens is 300 g/mol. The molecule has 0 atom stereocenters. The second-order valence-electron chi connectivity index (χ2n) is 4.88. The van der Waals surface area contributed by atoms with Crippen molar-refractivity contribution >= 4 is 17.9 Å². The Balaban J connectivity index is 5.55. The van der Waals surface area contributed by atoms with Gasteiger partial charge in [-0.3, -0.25) is 9.59 Å².